The van der Waals surface area contributed by atoms with Gasteiger partial charge in [-0.05, 0) is 54.4 Å². The number of rotatable bonds is 9. The highest BCUT2D eigenvalue weighted by Crippen LogP contribution is 2.25. The molecule has 0 aliphatic rings. The largest absolute Gasteiger partial charge is 0.351 e. The molecule has 0 heterocycles. The van der Waals surface area contributed by atoms with Gasteiger partial charge >= 0.3 is 0 Å². The van der Waals surface area contributed by atoms with Crippen molar-refractivity contribution in [1.29, 1.82) is 0 Å². The molecule has 0 fully saturated rings. The predicted molar refractivity (Wildman–Crippen MR) is 133 cm³/mol. The highest BCUT2D eigenvalue weighted by molar-refractivity contribution is 7.98. The van der Waals surface area contributed by atoms with Crippen LogP contribution in [-0.2, 0) is 15.8 Å². The first-order chi connectivity index (χ1) is 15.3. The summed E-state index contributed by atoms with van der Waals surface area (Å²) in [6.07, 6.45) is 0. The molecule has 1 amide bonds. The summed E-state index contributed by atoms with van der Waals surface area (Å²) in [6, 6.07) is 18.8. The van der Waals surface area contributed by atoms with Crippen LogP contribution in [0, 0.1) is 6.92 Å². The molecular weight excluding hydrogens is 487 g/mol. The Hall–Kier alpha value is -2.19. The van der Waals surface area contributed by atoms with Gasteiger partial charge in [-0.2, -0.15) is 11.8 Å². The standard InChI is InChI=1S/C23H22Cl2N2O3S2/c1-16-5-4-7-19(13-16)27-32(29,30)22-14-17(9-10-21(22)25)23(28)26-11-12-31-15-18-6-2-3-8-20(18)24/h2-10,13-14,27H,11-12,15H2,1H3,(H,26,28). The first kappa shape index (κ1) is 24.5. The summed E-state index contributed by atoms with van der Waals surface area (Å²) in [5.74, 6) is 1.06. The van der Waals surface area contributed by atoms with Gasteiger partial charge in [0.15, 0.2) is 0 Å². The van der Waals surface area contributed by atoms with Gasteiger partial charge < -0.3 is 5.32 Å². The molecule has 3 aromatic rings. The molecule has 9 heteroatoms. The molecule has 168 valence electrons. The van der Waals surface area contributed by atoms with Crippen molar-refractivity contribution in [3.8, 4) is 0 Å². The van der Waals surface area contributed by atoms with E-state index in [1.165, 1.54) is 18.2 Å². The molecule has 0 saturated heterocycles. The molecule has 0 unspecified atom stereocenters. The normalized spacial score (nSPS) is 11.2. The molecule has 0 bridgehead atoms. The van der Waals surface area contributed by atoms with E-state index in [-0.39, 0.29) is 21.4 Å². The van der Waals surface area contributed by atoms with Crippen molar-refractivity contribution >= 4 is 56.6 Å². The van der Waals surface area contributed by atoms with Crippen LogP contribution in [0.1, 0.15) is 21.5 Å². The fourth-order valence-corrected chi connectivity index (χ4v) is 5.63. The molecule has 0 atom stereocenters. The van der Waals surface area contributed by atoms with E-state index in [9.17, 15) is 13.2 Å². The molecule has 0 aliphatic heterocycles. The monoisotopic (exact) mass is 508 g/mol. The lowest BCUT2D eigenvalue weighted by atomic mass is 10.2. The van der Waals surface area contributed by atoms with Crippen LogP contribution in [0.4, 0.5) is 5.69 Å². The first-order valence-corrected chi connectivity index (χ1v) is 13.1. The molecule has 5 nitrogen and oxygen atoms in total. The zero-order valence-corrected chi connectivity index (χ0v) is 20.4. The molecule has 32 heavy (non-hydrogen) atoms. The lowest BCUT2D eigenvalue weighted by molar-refractivity contribution is 0.0956. The van der Waals surface area contributed by atoms with E-state index in [2.05, 4.69) is 10.0 Å². The Morgan fingerprint density at radius 1 is 0.969 bits per heavy atom. The predicted octanol–water partition coefficient (Wildman–Crippen LogP) is 5.77. The van der Waals surface area contributed by atoms with Crippen molar-refractivity contribution in [3.05, 3.63) is 93.5 Å². The van der Waals surface area contributed by atoms with Gasteiger partial charge in [-0.15, -0.1) is 0 Å². The summed E-state index contributed by atoms with van der Waals surface area (Å²) in [6.45, 7) is 2.29. The quantitative estimate of drug-likeness (QED) is 0.360. The molecular formula is C23H22Cl2N2O3S2. The third-order valence-corrected chi connectivity index (χ3v) is 7.74. The fourth-order valence-electron chi connectivity index (χ4n) is 2.91. The van der Waals surface area contributed by atoms with E-state index < -0.39 is 10.0 Å². The van der Waals surface area contributed by atoms with Gasteiger partial charge in [-0.25, -0.2) is 8.42 Å². The number of halogens is 2. The number of aryl methyl sites for hydroxylation is 1. The van der Waals surface area contributed by atoms with Crippen molar-refractivity contribution in [2.24, 2.45) is 0 Å². The minimum absolute atomic E-state index is 0.0389. The maximum absolute atomic E-state index is 12.8. The zero-order valence-electron chi connectivity index (χ0n) is 17.3. The van der Waals surface area contributed by atoms with E-state index in [1.807, 2.05) is 37.3 Å². The van der Waals surface area contributed by atoms with Crippen LogP contribution in [0.25, 0.3) is 0 Å². The van der Waals surface area contributed by atoms with Crippen LogP contribution >= 0.6 is 35.0 Å². The number of amides is 1. The van der Waals surface area contributed by atoms with Gasteiger partial charge in [0.05, 0.1) is 5.02 Å². The van der Waals surface area contributed by atoms with Crippen LogP contribution in [0.15, 0.2) is 71.6 Å². The molecule has 0 aliphatic carbocycles. The summed E-state index contributed by atoms with van der Waals surface area (Å²) < 4.78 is 28.2. The minimum atomic E-state index is -3.96. The van der Waals surface area contributed by atoms with Crippen molar-refractivity contribution in [2.75, 3.05) is 17.0 Å². The van der Waals surface area contributed by atoms with Gasteiger partial charge in [-0.1, -0.05) is 53.5 Å². The van der Waals surface area contributed by atoms with Crippen LogP contribution in [-0.4, -0.2) is 26.6 Å². The van der Waals surface area contributed by atoms with Gasteiger partial charge in [0.1, 0.15) is 4.90 Å². The third-order valence-electron chi connectivity index (χ3n) is 4.50. The lowest BCUT2D eigenvalue weighted by Gasteiger charge is -2.12. The number of nitrogens with one attached hydrogen (secondary N) is 2. The molecule has 0 spiro atoms. The fraction of sp³-hybridized carbons (Fsp3) is 0.174. The second kappa shape index (κ2) is 11.1. The van der Waals surface area contributed by atoms with Crippen LogP contribution in [0.5, 0.6) is 0 Å². The Balaban J connectivity index is 1.60. The summed E-state index contributed by atoms with van der Waals surface area (Å²) in [5, 5.41) is 3.56. The average molecular weight is 509 g/mol. The Kier molecular flexibility index (Phi) is 8.48. The van der Waals surface area contributed by atoms with Gasteiger partial charge in [0.2, 0.25) is 0 Å². The smallest absolute Gasteiger partial charge is 0.263 e. The van der Waals surface area contributed by atoms with E-state index in [0.717, 1.165) is 21.9 Å². The van der Waals surface area contributed by atoms with E-state index in [0.29, 0.717) is 18.0 Å². The maximum atomic E-state index is 12.8. The minimum Gasteiger partial charge on any atom is -0.351 e. The van der Waals surface area contributed by atoms with E-state index in [1.54, 1.807) is 30.0 Å². The topological polar surface area (TPSA) is 75.3 Å². The Labute approximate surface area is 202 Å². The van der Waals surface area contributed by atoms with Gasteiger partial charge in [0.25, 0.3) is 15.9 Å². The summed E-state index contributed by atoms with van der Waals surface area (Å²) >= 11 is 13.9. The van der Waals surface area contributed by atoms with Crippen LogP contribution in [0.2, 0.25) is 10.0 Å². The van der Waals surface area contributed by atoms with Crippen molar-refractivity contribution in [1.82, 2.24) is 5.32 Å². The van der Waals surface area contributed by atoms with Crippen molar-refractivity contribution in [3.63, 3.8) is 0 Å². The van der Waals surface area contributed by atoms with Crippen LogP contribution in [0.3, 0.4) is 0 Å². The van der Waals surface area contributed by atoms with Crippen LogP contribution < -0.4 is 10.0 Å². The summed E-state index contributed by atoms with van der Waals surface area (Å²) in [4.78, 5) is 12.4. The number of carbonyl (C=O) groups excluding carboxylic acids is 1. The number of benzene rings is 3. The van der Waals surface area contributed by atoms with E-state index >= 15 is 0 Å². The van der Waals surface area contributed by atoms with Gasteiger partial charge in [0, 0.05) is 34.3 Å². The SMILES string of the molecule is Cc1cccc(NS(=O)(=O)c2cc(C(=O)NCCSCc3ccccc3Cl)ccc2Cl)c1. The summed E-state index contributed by atoms with van der Waals surface area (Å²) in [7, 11) is -3.96. The molecule has 0 aromatic heterocycles. The lowest BCUT2D eigenvalue weighted by Crippen LogP contribution is -2.26. The zero-order chi connectivity index (χ0) is 23.1. The Bertz CT molecular complexity index is 1220. The number of carbonyl (C=O) groups is 1. The molecule has 3 rings (SSSR count). The second-order valence-electron chi connectivity index (χ2n) is 7.02. The number of thioether (sulfide) groups is 1. The van der Waals surface area contributed by atoms with Crippen molar-refractivity contribution < 1.29 is 13.2 Å². The number of anilines is 1. The number of hydrogen-bond acceptors (Lipinski definition) is 4. The third kappa shape index (κ3) is 6.65. The summed E-state index contributed by atoms with van der Waals surface area (Å²) in [5.41, 5.74) is 2.59. The highest BCUT2D eigenvalue weighted by atomic mass is 35.5. The average Bonchev–Trinajstić information content (AvgIpc) is 2.74. The molecule has 0 saturated carbocycles. The Morgan fingerprint density at radius 3 is 2.50 bits per heavy atom. The molecule has 2 N–H and O–H groups in total. The number of hydrogen-bond donors (Lipinski definition) is 2. The highest BCUT2D eigenvalue weighted by Gasteiger charge is 2.20. The van der Waals surface area contributed by atoms with E-state index in [4.69, 9.17) is 23.2 Å². The van der Waals surface area contributed by atoms with Gasteiger partial charge in [-0.3, -0.25) is 9.52 Å². The Morgan fingerprint density at radius 2 is 1.75 bits per heavy atom. The number of sulfonamides is 1. The molecule has 0 radical (unpaired) electrons. The molecule has 3 aromatic carbocycles. The first-order valence-electron chi connectivity index (χ1n) is 9.74. The van der Waals surface area contributed by atoms with Crippen molar-refractivity contribution in [2.45, 2.75) is 17.6 Å². The maximum Gasteiger partial charge on any atom is 0.263 e. The second-order valence-corrected chi connectivity index (χ2v) is 10.6.